The number of oxazole rings is 1. The van der Waals surface area contributed by atoms with E-state index in [-0.39, 0.29) is 17.6 Å². The molecule has 0 radical (unpaired) electrons. The molecule has 1 fully saturated rings. The van der Waals surface area contributed by atoms with Crippen molar-refractivity contribution in [2.75, 3.05) is 13.1 Å². The molecule has 0 saturated carbocycles. The Labute approximate surface area is 194 Å². The van der Waals surface area contributed by atoms with Crippen LogP contribution in [0, 0.1) is 11.3 Å². The molecule has 7 nitrogen and oxygen atoms in total. The second-order valence-corrected chi connectivity index (χ2v) is 9.48. The van der Waals surface area contributed by atoms with Gasteiger partial charge in [0.1, 0.15) is 12.1 Å². The van der Waals surface area contributed by atoms with E-state index in [0.29, 0.717) is 65.4 Å². The zero-order chi connectivity index (χ0) is 22.7. The maximum Gasteiger partial charge on any atom is 0.226 e. The summed E-state index contributed by atoms with van der Waals surface area (Å²) in [6, 6.07) is 10.9. The molecule has 0 atom stereocenters. The summed E-state index contributed by atoms with van der Waals surface area (Å²) in [4.78, 5) is 30.7. The fourth-order valence-electron chi connectivity index (χ4n) is 3.72. The first-order valence-electron chi connectivity index (χ1n) is 10.4. The minimum atomic E-state index is -0.258. The molecular weight excluding hydrogens is 448 g/mol. The number of carbonyl (C=O) groups excluding carboxylic acids is 2. The van der Waals surface area contributed by atoms with E-state index in [2.05, 4.69) is 4.98 Å². The number of benzene rings is 1. The quantitative estimate of drug-likeness (QED) is 0.302. The molecule has 3 aromatic rings. The van der Waals surface area contributed by atoms with E-state index >= 15 is 0 Å². The van der Waals surface area contributed by atoms with Gasteiger partial charge >= 0.3 is 0 Å². The smallest absolute Gasteiger partial charge is 0.226 e. The number of amidine groups is 1. The number of ketones is 1. The molecule has 4 rings (SSSR count). The number of nitrogens with one attached hydrogen (secondary N) is 1. The lowest BCUT2D eigenvalue weighted by Crippen LogP contribution is -2.41. The molecule has 32 heavy (non-hydrogen) atoms. The lowest BCUT2D eigenvalue weighted by Gasteiger charge is -2.32. The lowest BCUT2D eigenvalue weighted by molar-refractivity contribution is -0.122. The predicted octanol–water partition coefficient (Wildman–Crippen LogP) is 4.39. The van der Waals surface area contributed by atoms with Crippen molar-refractivity contribution < 1.29 is 14.0 Å². The zero-order valence-corrected chi connectivity index (χ0v) is 18.9. The number of thiophene rings is 1. The summed E-state index contributed by atoms with van der Waals surface area (Å²) in [5.74, 6) is 0.589. The van der Waals surface area contributed by atoms with Crippen molar-refractivity contribution in [1.29, 1.82) is 5.41 Å². The fourth-order valence-corrected chi connectivity index (χ4v) is 4.73. The number of piperidine rings is 1. The fraction of sp³-hybridized carbons (Fsp3) is 0.304. The van der Waals surface area contributed by atoms with E-state index in [1.807, 2.05) is 29.2 Å². The molecule has 1 aromatic carbocycles. The Kier molecular flexibility index (Phi) is 6.72. The van der Waals surface area contributed by atoms with Crippen molar-refractivity contribution in [2.45, 2.75) is 25.7 Å². The van der Waals surface area contributed by atoms with Gasteiger partial charge in [0.25, 0.3) is 0 Å². The summed E-state index contributed by atoms with van der Waals surface area (Å²) in [6.07, 6.45) is 3.75. The van der Waals surface area contributed by atoms with E-state index < -0.39 is 0 Å². The number of primary amides is 1. The predicted molar refractivity (Wildman–Crippen MR) is 124 cm³/mol. The molecule has 166 valence electrons. The number of hydrogen-bond donors (Lipinski definition) is 2. The van der Waals surface area contributed by atoms with E-state index in [4.69, 9.17) is 27.2 Å². The first-order valence-corrected chi connectivity index (χ1v) is 11.6. The van der Waals surface area contributed by atoms with Crippen LogP contribution in [0.5, 0.6) is 0 Å². The third-order valence-electron chi connectivity index (χ3n) is 5.63. The number of likely N-dealkylation sites (tertiary alicyclic amines) is 1. The van der Waals surface area contributed by atoms with E-state index in [9.17, 15) is 9.59 Å². The molecule has 1 saturated heterocycles. The van der Waals surface area contributed by atoms with Gasteiger partial charge < -0.3 is 15.1 Å². The van der Waals surface area contributed by atoms with Crippen LogP contribution in [0.25, 0.3) is 11.5 Å². The molecule has 2 aromatic heterocycles. The van der Waals surface area contributed by atoms with E-state index in [0.717, 1.165) is 11.1 Å². The van der Waals surface area contributed by atoms with Gasteiger partial charge in [0.05, 0.1) is 14.9 Å². The van der Waals surface area contributed by atoms with E-state index in [1.165, 1.54) is 11.3 Å². The van der Waals surface area contributed by atoms with Crippen LogP contribution in [0.15, 0.2) is 47.1 Å². The number of amides is 1. The third-order valence-corrected chi connectivity index (χ3v) is 6.90. The van der Waals surface area contributed by atoms with E-state index in [1.54, 1.807) is 18.4 Å². The topological polar surface area (TPSA) is 113 Å². The highest BCUT2D eigenvalue weighted by molar-refractivity contribution is 7.18. The van der Waals surface area contributed by atoms with Gasteiger partial charge in [-0.2, -0.15) is 0 Å². The number of aromatic nitrogens is 1. The second kappa shape index (κ2) is 9.67. The standard InChI is InChI=1S/C23H23ClN4O3S/c24-20-8-7-19(32-20)18(29)6-5-17-13-31-23(27-17)16-3-1-14(2-4-16)21(25)28-11-9-15(10-12-28)22(26)30/h1-4,7-8,13,15,25H,5-6,9-12H2,(H2,26,30). The van der Waals surface area contributed by atoms with Gasteiger partial charge in [-0.3, -0.25) is 15.0 Å². The molecule has 1 aliphatic heterocycles. The van der Waals surface area contributed by atoms with Crippen LogP contribution in [0.4, 0.5) is 0 Å². The first-order chi connectivity index (χ1) is 15.4. The van der Waals surface area contributed by atoms with Crippen molar-refractivity contribution in [3.05, 3.63) is 63.1 Å². The van der Waals surface area contributed by atoms with Crippen molar-refractivity contribution in [3.8, 4) is 11.5 Å². The summed E-state index contributed by atoms with van der Waals surface area (Å²) < 4.78 is 6.20. The highest BCUT2D eigenvalue weighted by atomic mass is 35.5. The van der Waals surface area contributed by atoms with Crippen molar-refractivity contribution in [3.63, 3.8) is 0 Å². The number of aryl methyl sites for hydroxylation is 1. The highest BCUT2D eigenvalue weighted by Crippen LogP contribution is 2.25. The number of nitrogens with two attached hydrogens (primary N) is 1. The van der Waals surface area contributed by atoms with Crippen LogP contribution in [0.3, 0.4) is 0 Å². The van der Waals surface area contributed by atoms with Crippen molar-refractivity contribution >= 4 is 40.5 Å². The Morgan fingerprint density at radius 2 is 1.91 bits per heavy atom. The Balaban J connectivity index is 1.34. The van der Waals surface area contributed by atoms with Gasteiger partial charge in [-0.25, -0.2) is 4.98 Å². The van der Waals surface area contributed by atoms with Crippen LogP contribution < -0.4 is 5.73 Å². The molecular formula is C23H23ClN4O3S. The molecule has 1 aliphatic rings. The maximum atomic E-state index is 12.2. The summed E-state index contributed by atoms with van der Waals surface area (Å²) in [6.45, 7) is 1.29. The Bertz CT molecular complexity index is 1130. The van der Waals surface area contributed by atoms with Gasteiger partial charge in [-0.05, 0) is 37.1 Å². The minimum absolute atomic E-state index is 0.0363. The molecule has 0 aliphatic carbocycles. The lowest BCUT2D eigenvalue weighted by atomic mass is 9.95. The Morgan fingerprint density at radius 1 is 1.19 bits per heavy atom. The number of carbonyl (C=O) groups is 2. The van der Waals surface area contributed by atoms with Crippen LogP contribution in [-0.4, -0.2) is 40.5 Å². The van der Waals surface area contributed by atoms with Gasteiger partial charge in [0, 0.05) is 43.0 Å². The summed E-state index contributed by atoms with van der Waals surface area (Å²) in [5, 5.41) is 8.48. The number of nitrogens with zero attached hydrogens (tertiary/aromatic N) is 2. The molecule has 0 bridgehead atoms. The molecule has 0 unspecified atom stereocenters. The Morgan fingerprint density at radius 3 is 2.53 bits per heavy atom. The first kappa shape index (κ1) is 22.2. The van der Waals surface area contributed by atoms with Crippen LogP contribution in [-0.2, 0) is 11.2 Å². The SMILES string of the molecule is N=C(c1ccc(-c2nc(CCC(=O)c3ccc(Cl)s3)co2)cc1)N1CCC(C(N)=O)CC1. The highest BCUT2D eigenvalue weighted by Gasteiger charge is 2.25. The summed E-state index contributed by atoms with van der Waals surface area (Å²) >= 11 is 7.17. The Hall–Kier alpha value is -2.97. The number of Topliss-reactive ketones (excluding diaryl/α,β-unsaturated/α-hetero) is 1. The average molecular weight is 471 g/mol. The molecule has 3 heterocycles. The summed E-state index contributed by atoms with van der Waals surface area (Å²) in [7, 11) is 0. The van der Waals surface area contributed by atoms with Crippen molar-refractivity contribution in [2.24, 2.45) is 11.7 Å². The van der Waals surface area contributed by atoms with Crippen molar-refractivity contribution in [1.82, 2.24) is 9.88 Å². The zero-order valence-electron chi connectivity index (χ0n) is 17.3. The van der Waals surface area contributed by atoms with Gasteiger partial charge in [0.2, 0.25) is 11.8 Å². The number of rotatable bonds is 7. The molecule has 0 spiro atoms. The maximum absolute atomic E-state index is 12.2. The van der Waals surface area contributed by atoms with Crippen LogP contribution >= 0.6 is 22.9 Å². The monoisotopic (exact) mass is 470 g/mol. The average Bonchev–Trinajstić information content (AvgIpc) is 3.46. The third kappa shape index (κ3) is 5.08. The second-order valence-electron chi connectivity index (χ2n) is 7.76. The number of halogens is 1. The molecule has 3 N–H and O–H groups in total. The van der Waals surface area contributed by atoms with Gasteiger partial charge in [0.15, 0.2) is 5.78 Å². The number of hydrogen-bond acceptors (Lipinski definition) is 6. The minimum Gasteiger partial charge on any atom is -0.444 e. The largest absolute Gasteiger partial charge is 0.444 e. The molecule has 1 amide bonds. The summed E-state index contributed by atoms with van der Waals surface area (Å²) in [5.41, 5.74) is 7.69. The van der Waals surface area contributed by atoms with Gasteiger partial charge in [-0.15, -0.1) is 11.3 Å². The van der Waals surface area contributed by atoms with Crippen LogP contribution in [0.1, 0.15) is 40.2 Å². The molecule has 9 heteroatoms. The van der Waals surface area contributed by atoms with Gasteiger partial charge in [-0.1, -0.05) is 23.7 Å². The van der Waals surface area contributed by atoms with Crippen LogP contribution in [0.2, 0.25) is 4.34 Å². The normalized spacial score (nSPS) is 14.5.